The van der Waals surface area contributed by atoms with E-state index in [1.807, 2.05) is 19.0 Å². The van der Waals surface area contributed by atoms with Crippen molar-refractivity contribution >= 4 is 27.6 Å². The number of likely N-dealkylation sites (N-methyl/N-ethyl adjacent to an activating group) is 1. The normalized spacial score (nSPS) is 15.3. The zero-order valence-corrected chi connectivity index (χ0v) is 15.2. The fraction of sp³-hybridized carbons (Fsp3) is 0.562. The van der Waals surface area contributed by atoms with Crippen LogP contribution in [0.25, 0.3) is 0 Å². The summed E-state index contributed by atoms with van der Waals surface area (Å²) in [6, 6.07) is 6.40. The highest BCUT2D eigenvalue weighted by molar-refractivity contribution is 9.10. The number of hydrogen-bond acceptors (Lipinski definition) is 3. The van der Waals surface area contributed by atoms with Crippen molar-refractivity contribution in [3.63, 3.8) is 0 Å². The zero-order chi connectivity index (χ0) is 16.1. The van der Waals surface area contributed by atoms with Gasteiger partial charge in [0.1, 0.15) is 0 Å². The monoisotopic (exact) mass is 368 g/mol. The van der Waals surface area contributed by atoms with E-state index in [1.54, 1.807) is 0 Å². The van der Waals surface area contributed by atoms with Gasteiger partial charge in [-0.1, -0.05) is 15.9 Å². The van der Waals surface area contributed by atoms with Crippen LogP contribution in [0.1, 0.15) is 5.56 Å². The molecule has 1 fully saturated rings. The minimum Gasteiger partial charge on any atom is -0.368 e. The van der Waals surface area contributed by atoms with E-state index in [-0.39, 0.29) is 6.03 Å². The molecule has 1 aliphatic heterocycles. The molecule has 0 spiro atoms. The van der Waals surface area contributed by atoms with Gasteiger partial charge in [-0.2, -0.15) is 0 Å². The van der Waals surface area contributed by atoms with Crippen LogP contribution in [0.5, 0.6) is 0 Å². The molecule has 5 nitrogen and oxygen atoms in total. The summed E-state index contributed by atoms with van der Waals surface area (Å²) in [7, 11) is 4.01. The molecule has 0 atom stereocenters. The lowest BCUT2D eigenvalue weighted by molar-refractivity contribution is 0.193. The van der Waals surface area contributed by atoms with Gasteiger partial charge >= 0.3 is 6.03 Å². The average Bonchev–Trinajstić information content (AvgIpc) is 2.47. The number of aryl methyl sites for hydroxylation is 1. The van der Waals surface area contributed by atoms with E-state index < -0.39 is 0 Å². The summed E-state index contributed by atoms with van der Waals surface area (Å²) in [5, 5.41) is 2.98. The Hall–Kier alpha value is -1.27. The molecular formula is C16H25BrN4O. The Morgan fingerprint density at radius 1 is 1.27 bits per heavy atom. The number of carbonyl (C=O) groups excluding carboxylic acids is 1. The Bertz CT molecular complexity index is 513. The summed E-state index contributed by atoms with van der Waals surface area (Å²) in [4.78, 5) is 18.4. The number of urea groups is 1. The third-order valence-electron chi connectivity index (χ3n) is 3.90. The molecule has 1 N–H and O–H groups in total. The van der Waals surface area contributed by atoms with Crippen LogP contribution >= 0.6 is 15.9 Å². The number of nitrogens with zero attached hydrogens (tertiary/aromatic N) is 3. The molecule has 0 radical (unpaired) electrons. The first kappa shape index (κ1) is 17.1. The number of nitrogens with one attached hydrogen (secondary N) is 1. The quantitative estimate of drug-likeness (QED) is 0.884. The lowest BCUT2D eigenvalue weighted by Gasteiger charge is -2.36. The van der Waals surface area contributed by atoms with Crippen LogP contribution < -0.4 is 10.2 Å². The lowest BCUT2D eigenvalue weighted by Crippen LogP contribution is -2.52. The van der Waals surface area contributed by atoms with Gasteiger partial charge in [0.15, 0.2) is 0 Å². The van der Waals surface area contributed by atoms with E-state index in [0.717, 1.165) is 37.2 Å². The van der Waals surface area contributed by atoms with Gasteiger partial charge in [0.25, 0.3) is 0 Å². The summed E-state index contributed by atoms with van der Waals surface area (Å²) < 4.78 is 1.10. The van der Waals surface area contributed by atoms with Crippen LogP contribution in [0.3, 0.4) is 0 Å². The van der Waals surface area contributed by atoms with Crippen LogP contribution in [0, 0.1) is 6.92 Å². The number of piperazine rings is 1. The standard InChI is InChI=1S/C16H25BrN4O/c1-13-12-14(17)4-5-15(13)20-8-10-21(11-9-20)16(22)18-6-7-19(2)3/h4-5,12H,6-11H2,1-3H3,(H,18,22). The van der Waals surface area contributed by atoms with Crippen LogP contribution in [0.4, 0.5) is 10.5 Å². The molecule has 0 bridgehead atoms. The molecule has 0 aliphatic carbocycles. The lowest BCUT2D eigenvalue weighted by atomic mass is 10.1. The average molecular weight is 369 g/mol. The number of carbonyl (C=O) groups is 1. The molecule has 6 heteroatoms. The van der Waals surface area contributed by atoms with Gasteiger partial charge in [-0.15, -0.1) is 0 Å². The van der Waals surface area contributed by atoms with Crippen LogP contribution in [0.2, 0.25) is 0 Å². The number of benzene rings is 1. The Balaban J connectivity index is 1.83. The van der Waals surface area contributed by atoms with E-state index in [2.05, 4.69) is 56.2 Å². The van der Waals surface area contributed by atoms with Gasteiger partial charge in [-0.05, 0) is 44.8 Å². The first-order chi connectivity index (χ1) is 10.5. The second-order valence-electron chi connectivity index (χ2n) is 5.94. The molecule has 22 heavy (non-hydrogen) atoms. The number of amides is 2. The van der Waals surface area contributed by atoms with Crippen molar-refractivity contribution in [2.24, 2.45) is 0 Å². The SMILES string of the molecule is Cc1cc(Br)ccc1N1CCN(C(=O)NCCN(C)C)CC1. The largest absolute Gasteiger partial charge is 0.368 e. The van der Waals surface area contributed by atoms with Crippen molar-refractivity contribution in [1.82, 2.24) is 15.1 Å². The maximum absolute atomic E-state index is 12.1. The molecule has 2 rings (SSSR count). The maximum Gasteiger partial charge on any atom is 0.317 e. The fourth-order valence-electron chi connectivity index (χ4n) is 2.62. The van der Waals surface area contributed by atoms with Gasteiger partial charge in [0.05, 0.1) is 0 Å². The summed E-state index contributed by atoms with van der Waals surface area (Å²) in [6.45, 7) is 6.97. The Labute approximate surface area is 141 Å². The molecule has 0 aromatic heterocycles. The Kier molecular flexibility index (Phi) is 6.08. The van der Waals surface area contributed by atoms with E-state index in [4.69, 9.17) is 0 Å². The number of halogens is 1. The molecular weight excluding hydrogens is 344 g/mol. The smallest absolute Gasteiger partial charge is 0.317 e. The summed E-state index contributed by atoms with van der Waals surface area (Å²) in [5.74, 6) is 0. The first-order valence-electron chi connectivity index (χ1n) is 7.66. The van der Waals surface area contributed by atoms with Gasteiger partial charge in [-0.3, -0.25) is 0 Å². The Morgan fingerprint density at radius 3 is 2.55 bits per heavy atom. The molecule has 0 unspecified atom stereocenters. The molecule has 1 aromatic rings. The highest BCUT2D eigenvalue weighted by atomic mass is 79.9. The third-order valence-corrected chi connectivity index (χ3v) is 4.39. The van der Waals surface area contributed by atoms with Gasteiger partial charge in [0.2, 0.25) is 0 Å². The van der Waals surface area contributed by atoms with Crippen molar-refractivity contribution < 1.29 is 4.79 Å². The zero-order valence-electron chi connectivity index (χ0n) is 13.6. The predicted octanol–water partition coefficient (Wildman–Crippen LogP) is 2.15. The Morgan fingerprint density at radius 2 is 1.95 bits per heavy atom. The molecule has 1 aromatic carbocycles. The van der Waals surface area contributed by atoms with Crippen molar-refractivity contribution in [2.75, 3.05) is 58.3 Å². The molecule has 1 heterocycles. The summed E-state index contributed by atoms with van der Waals surface area (Å²) in [6.07, 6.45) is 0. The molecule has 122 valence electrons. The third kappa shape index (κ3) is 4.61. The fourth-order valence-corrected chi connectivity index (χ4v) is 3.10. The summed E-state index contributed by atoms with van der Waals surface area (Å²) in [5.41, 5.74) is 2.52. The van der Waals surface area contributed by atoms with Gasteiger partial charge in [0, 0.05) is 49.4 Å². The van der Waals surface area contributed by atoms with Crippen LogP contribution in [0.15, 0.2) is 22.7 Å². The highest BCUT2D eigenvalue weighted by Gasteiger charge is 2.21. The van der Waals surface area contributed by atoms with Crippen LogP contribution in [-0.2, 0) is 0 Å². The van der Waals surface area contributed by atoms with Crippen molar-refractivity contribution in [1.29, 1.82) is 0 Å². The van der Waals surface area contributed by atoms with Crippen LogP contribution in [-0.4, -0.2) is 69.2 Å². The van der Waals surface area contributed by atoms with Gasteiger partial charge in [-0.25, -0.2) is 4.79 Å². The van der Waals surface area contributed by atoms with E-state index in [9.17, 15) is 4.79 Å². The van der Waals surface area contributed by atoms with E-state index in [1.165, 1.54) is 11.3 Å². The predicted molar refractivity (Wildman–Crippen MR) is 94.6 cm³/mol. The number of anilines is 1. The van der Waals surface area contributed by atoms with E-state index in [0.29, 0.717) is 6.54 Å². The molecule has 1 aliphatic rings. The molecule has 2 amide bonds. The second kappa shape index (κ2) is 7.83. The minimum atomic E-state index is 0.0500. The topological polar surface area (TPSA) is 38.8 Å². The van der Waals surface area contributed by atoms with Crippen molar-refractivity contribution in [3.8, 4) is 0 Å². The van der Waals surface area contributed by atoms with E-state index >= 15 is 0 Å². The molecule has 1 saturated heterocycles. The number of rotatable bonds is 4. The number of hydrogen-bond donors (Lipinski definition) is 1. The second-order valence-corrected chi connectivity index (χ2v) is 6.86. The van der Waals surface area contributed by atoms with Gasteiger partial charge < -0.3 is 20.0 Å². The first-order valence-corrected chi connectivity index (χ1v) is 8.45. The highest BCUT2D eigenvalue weighted by Crippen LogP contribution is 2.24. The van der Waals surface area contributed by atoms with Crippen molar-refractivity contribution in [3.05, 3.63) is 28.2 Å². The minimum absolute atomic E-state index is 0.0500. The van der Waals surface area contributed by atoms with Crippen molar-refractivity contribution in [2.45, 2.75) is 6.92 Å². The summed E-state index contributed by atoms with van der Waals surface area (Å²) >= 11 is 3.50. The maximum atomic E-state index is 12.1. The molecule has 0 saturated carbocycles.